The molecular weight excluding hydrogens is 254 g/mol. The van der Waals surface area contributed by atoms with Crippen LogP contribution in [0.4, 0.5) is 0 Å². The van der Waals surface area contributed by atoms with Gasteiger partial charge in [0.1, 0.15) is 17.0 Å². The van der Waals surface area contributed by atoms with Crippen molar-refractivity contribution in [2.45, 2.75) is 0 Å². The van der Waals surface area contributed by atoms with E-state index in [0.717, 1.165) is 10.9 Å². The van der Waals surface area contributed by atoms with Crippen LogP contribution in [0.3, 0.4) is 0 Å². The Morgan fingerprint density at radius 1 is 1.10 bits per heavy atom. The van der Waals surface area contributed by atoms with Crippen molar-refractivity contribution in [2.24, 2.45) is 0 Å². The van der Waals surface area contributed by atoms with Gasteiger partial charge in [-0.2, -0.15) is 0 Å². The molecule has 0 saturated heterocycles. The summed E-state index contributed by atoms with van der Waals surface area (Å²) >= 11 is 0. The van der Waals surface area contributed by atoms with Crippen molar-refractivity contribution >= 4 is 22.1 Å². The quantitative estimate of drug-likeness (QED) is 0.536. The topological polar surface area (TPSA) is 71.8 Å². The molecule has 1 aromatic carbocycles. The van der Waals surface area contributed by atoms with E-state index in [1.807, 2.05) is 30.3 Å². The van der Waals surface area contributed by atoms with Crippen molar-refractivity contribution in [3.05, 3.63) is 59.1 Å². The number of para-hydroxylation sites is 1. The van der Waals surface area contributed by atoms with Gasteiger partial charge in [0, 0.05) is 11.6 Å². The molecule has 0 atom stereocenters. The highest BCUT2D eigenvalue weighted by atomic mass is 16.4. The van der Waals surface area contributed by atoms with Crippen LogP contribution < -0.4 is 5.63 Å². The highest BCUT2D eigenvalue weighted by molar-refractivity contribution is 5.82. The van der Waals surface area contributed by atoms with Gasteiger partial charge in [0.15, 0.2) is 5.65 Å². The Bertz CT molecular complexity index is 952. The van der Waals surface area contributed by atoms with E-state index >= 15 is 0 Å². The lowest BCUT2D eigenvalue weighted by atomic mass is 10.2. The van der Waals surface area contributed by atoms with E-state index in [-0.39, 0.29) is 0 Å². The summed E-state index contributed by atoms with van der Waals surface area (Å²) in [4.78, 5) is 23.6. The van der Waals surface area contributed by atoms with Gasteiger partial charge in [0.05, 0.1) is 5.52 Å². The molecule has 0 spiro atoms. The molecule has 20 heavy (non-hydrogen) atoms. The van der Waals surface area contributed by atoms with Crippen LogP contribution >= 0.6 is 0 Å². The SMILES string of the molecule is O=c1oc2ccccc2cc1-c1nc2ncccc2[nH]1. The number of benzene rings is 1. The Morgan fingerprint density at radius 2 is 2.00 bits per heavy atom. The molecule has 1 N–H and O–H groups in total. The van der Waals surface area contributed by atoms with E-state index in [1.54, 1.807) is 18.3 Å². The maximum Gasteiger partial charge on any atom is 0.347 e. The number of hydrogen-bond donors (Lipinski definition) is 1. The fourth-order valence-electron chi connectivity index (χ4n) is 2.20. The molecule has 0 bridgehead atoms. The standard InChI is InChI=1S/C15H9N3O2/c19-15-10(8-9-4-1-2-6-12(9)20-15)13-17-11-5-3-7-16-14(11)18-13/h1-8H,(H,16,17,18). The molecule has 0 aliphatic heterocycles. The molecule has 5 nitrogen and oxygen atoms in total. The van der Waals surface area contributed by atoms with E-state index in [0.29, 0.717) is 22.6 Å². The van der Waals surface area contributed by atoms with Crippen molar-refractivity contribution in [3.63, 3.8) is 0 Å². The van der Waals surface area contributed by atoms with Crippen molar-refractivity contribution < 1.29 is 4.42 Å². The molecule has 0 fully saturated rings. The molecule has 4 rings (SSSR count). The van der Waals surface area contributed by atoms with E-state index in [9.17, 15) is 4.79 Å². The molecule has 0 amide bonds. The fraction of sp³-hybridized carbons (Fsp3) is 0. The van der Waals surface area contributed by atoms with E-state index in [1.165, 1.54) is 0 Å². The lowest BCUT2D eigenvalue weighted by Gasteiger charge is -1.98. The summed E-state index contributed by atoms with van der Waals surface area (Å²) in [7, 11) is 0. The van der Waals surface area contributed by atoms with Crippen LogP contribution in [0, 0.1) is 0 Å². The molecule has 4 aromatic rings. The summed E-state index contributed by atoms with van der Waals surface area (Å²) in [6.45, 7) is 0. The summed E-state index contributed by atoms with van der Waals surface area (Å²) < 4.78 is 5.31. The monoisotopic (exact) mass is 263 g/mol. The first-order chi connectivity index (χ1) is 9.81. The summed E-state index contributed by atoms with van der Waals surface area (Å²) in [5, 5.41) is 0.857. The molecule has 96 valence electrons. The number of imidazole rings is 1. The van der Waals surface area contributed by atoms with E-state index in [4.69, 9.17) is 4.42 Å². The minimum Gasteiger partial charge on any atom is -0.422 e. The number of aromatic amines is 1. The van der Waals surface area contributed by atoms with Crippen molar-refractivity contribution in [2.75, 3.05) is 0 Å². The molecule has 3 heterocycles. The van der Waals surface area contributed by atoms with Crippen LogP contribution in [0.15, 0.2) is 57.9 Å². The highest BCUT2D eigenvalue weighted by Gasteiger charge is 2.12. The van der Waals surface area contributed by atoms with Crippen molar-refractivity contribution in [1.29, 1.82) is 0 Å². The highest BCUT2D eigenvalue weighted by Crippen LogP contribution is 2.20. The summed E-state index contributed by atoms with van der Waals surface area (Å²) in [5.74, 6) is 0.471. The average Bonchev–Trinajstić information content (AvgIpc) is 2.90. The number of pyridine rings is 1. The van der Waals surface area contributed by atoms with Gasteiger partial charge in [0.25, 0.3) is 0 Å². The van der Waals surface area contributed by atoms with Gasteiger partial charge in [-0.3, -0.25) is 0 Å². The second kappa shape index (κ2) is 4.03. The number of H-pyrrole nitrogens is 1. The lowest BCUT2D eigenvalue weighted by molar-refractivity contribution is 0.563. The average molecular weight is 263 g/mol. The van der Waals surface area contributed by atoms with Crippen LogP contribution in [0.25, 0.3) is 33.5 Å². The Morgan fingerprint density at radius 3 is 2.90 bits per heavy atom. The van der Waals surface area contributed by atoms with Gasteiger partial charge >= 0.3 is 5.63 Å². The number of aromatic nitrogens is 3. The maximum atomic E-state index is 12.1. The predicted molar refractivity (Wildman–Crippen MR) is 75.4 cm³/mol. The van der Waals surface area contributed by atoms with Crippen molar-refractivity contribution in [3.8, 4) is 11.4 Å². The van der Waals surface area contributed by atoms with Gasteiger partial charge in [-0.15, -0.1) is 0 Å². The van der Waals surface area contributed by atoms with E-state index < -0.39 is 5.63 Å². The first-order valence-corrected chi connectivity index (χ1v) is 6.15. The van der Waals surface area contributed by atoms with E-state index in [2.05, 4.69) is 15.0 Å². The Kier molecular flexibility index (Phi) is 2.20. The largest absolute Gasteiger partial charge is 0.422 e. The number of nitrogens with zero attached hydrogens (tertiary/aromatic N) is 2. The fourth-order valence-corrected chi connectivity index (χ4v) is 2.20. The predicted octanol–water partition coefficient (Wildman–Crippen LogP) is 2.73. The minimum absolute atomic E-state index is 0.404. The third-order valence-electron chi connectivity index (χ3n) is 3.15. The van der Waals surface area contributed by atoms with Gasteiger partial charge in [0.2, 0.25) is 0 Å². The minimum atomic E-state index is -0.414. The summed E-state index contributed by atoms with van der Waals surface area (Å²) in [6, 6.07) is 12.8. The van der Waals surface area contributed by atoms with Crippen LogP contribution in [-0.2, 0) is 0 Å². The van der Waals surface area contributed by atoms with Gasteiger partial charge in [-0.05, 0) is 24.3 Å². The molecule has 3 aromatic heterocycles. The molecular formula is C15H9N3O2. The van der Waals surface area contributed by atoms with Crippen LogP contribution in [0.5, 0.6) is 0 Å². The normalized spacial score (nSPS) is 11.2. The number of nitrogens with one attached hydrogen (secondary N) is 1. The second-order valence-corrected chi connectivity index (χ2v) is 4.45. The van der Waals surface area contributed by atoms with Gasteiger partial charge < -0.3 is 9.40 Å². The third kappa shape index (κ3) is 1.60. The number of hydrogen-bond acceptors (Lipinski definition) is 4. The van der Waals surface area contributed by atoms with Gasteiger partial charge in [-0.25, -0.2) is 14.8 Å². The Balaban J connectivity index is 2.01. The molecule has 0 saturated carbocycles. The molecule has 5 heteroatoms. The van der Waals surface area contributed by atoms with Crippen LogP contribution in [0.1, 0.15) is 0 Å². The first-order valence-electron chi connectivity index (χ1n) is 6.15. The van der Waals surface area contributed by atoms with Crippen LogP contribution in [-0.4, -0.2) is 15.0 Å². The summed E-state index contributed by atoms with van der Waals surface area (Å²) in [5.41, 5.74) is 1.92. The number of fused-ring (bicyclic) bond motifs is 2. The molecule has 0 unspecified atom stereocenters. The summed E-state index contributed by atoms with van der Waals surface area (Å²) in [6.07, 6.45) is 1.66. The van der Waals surface area contributed by atoms with Crippen molar-refractivity contribution in [1.82, 2.24) is 15.0 Å². The molecule has 0 aliphatic carbocycles. The smallest absolute Gasteiger partial charge is 0.347 e. The Hall–Kier alpha value is -2.95. The third-order valence-corrected chi connectivity index (χ3v) is 3.15. The second-order valence-electron chi connectivity index (χ2n) is 4.45. The zero-order chi connectivity index (χ0) is 13.5. The Labute approximate surface area is 112 Å². The lowest BCUT2D eigenvalue weighted by Crippen LogP contribution is -2.03. The zero-order valence-corrected chi connectivity index (χ0v) is 10.3. The molecule has 0 radical (unpaired) electrons. The van der Waals surface area contributed by atoms with Crippen LogP contribution in [0.2, 0.25) is 0 Å². The first kappa shape index (κ1) is 10.9. The maximum absolute atomic E-state index is 12.1. The molecule has 0 aliphatic rings. The zero-order valence-electron chi connectivity index (χ0n) is 10.3. The number of rotatable bonds is 1. The van der Waals surface area contributed by atoms with Gasteiger partial charge in [-0.1, -0.05) is 18.2 Å².